The molecule has 0 radical (unpaired) electrons. The maximum absolute atomic E-state index is 13.0. The molecule has 2 heterocycles. The minimum Gasteiger partial charge on any atom is -0.488 e. The van der Waals surface area contributed by atoms with Gasteiger partial charge in [0.15, 0.2) is 0 Å². The first-order chi connectivity index (χ1) is 13.2. The Morgan fingerprint density at radius 1 is 1.00 bits per heavy atom. The Morgan fingerprint density at radius 3 is 2.63 bits per heavy atom. The van der Waals surface area contributed by atoms with Crippen LogP contribution >= 0.6 is 0 Å². The van der Waals surface area contributed by atoms with Crippen molar-refractivity contribution in [3.05, 3.63) is 89.6 Å². The molecule has 1 N–H and O–H groups in total. The van der Waals surface area contributed by atoms with Crippen molar-refractivity contribution in [3.8, 4) is 5.75 Å². The van der Waals surface area contributed by atoms with Crippen molar-refractivity contribution in [2.75, 3.05) is 5.32 Å². The molecule has 0 aliphatic carbocycles. The van der Waals surface area contributed by atoms with E-state index in [0.717, 1.165) is 39.6 Å². The van der Waals surface area contributed by atoms with Gasteiger partial charge in [0.25, 0.3) is 0 Å². The number of aromatic nitrogens is 1. The summed E-state index contributed by atoms with van der Waals surface area (Å²) in [7, 11) is 0. The minimum atomic E-state index is -0.252. The number of halogens is 1. The summed E-state index contributed by atoms with van der Waals surface area (Å²) >= 11 is 0. The zero-order chi connectivity index (χ0) is 18.6. The number of nitrogens with zero attached hydrogens (tertiary/aromatic N) is 1. The summed E-state index contributed by atoms with van der Waals surface area (Å²) in [6.45, 7) is 2.87. The maximum Gasteiger partial charge on any atom is 0.129 e. The van der Waals surface area contributed by atoms with Crippen LogP contribution in [0.25, 0.3) is 10.9 Å². The summed E-state index contributed by atoms with van der Waals surface area (Å²) in [5.41, 5.74) is 1.75. The van der Waals surface area contributed by atoms with Crippen molar-refractivity contribution in [1.29, 1.82) is 0 Å². The highest BCUT2D eigenvalue weighted by Gasteiger charge is 2.06. The summed E-state index contributed by atoms with van der Waals surface area (Å²) in [4.78, 5) is 4.64. The molecule has 136 valence electrons. The number of nitrogens with one attached hydrogen (secondary N) is 1. The molecule has 0 aliphatic heterocycles. The molecule has 0 unspecified atom stereocenters. The number of hydrogen-bond donors (Lipinski definition) is 1. The number of aryl methyl sites for hydroxylation is 1. The van der Waals surface area contributed by atoms with Gasteiger partial charge < -0.3 is 14.5 Å². The van der Waals surface area contributed by atoms with E-state index in [9.17, 15) is 4.39 Å². The third-order valence-electron chi connectivity index (χ3n) is 4.24. The molecular weight excluding hydrogens is 343 g/mol. The highest BCUT2D eigenvalue weighted by Crippen LogP contribution is 2.26. The highest BCUT2D eigenvalue weighted by atomic mass is 19.1. The zero-order valence-electron chi connectivity index (χ0n) is 14.9. The molecule has 0 aliphatic rings. The summed E-state index contributed by atoms with van der Waals surface area (Å²) in [6, 6.07) is 19.9. The van der Waals surface area contributed by atoms with Gasteiger partial charge in [-0.25, -0.2) is 9.37 Å². The van der Waals surface area contributed by atoms with Crippen LogP contribution < -0.4 is 10.1 Å². The molecule has 2 aromatic carbocycles. The molecule has 0 saturated carbocycles. The molecule has 2 aromatic heterocycles. The Labute approximate surface area is 156 Å². The number of rotatable bonds is 6. The van der Waals surface area contributed by atoms with E-state index in [-0.39, 0.29) is 5.82 Å². The Bertz CT molecular complexity index is 1060. The lowest BCUT2D eigenvalue weighted by Gasteiger charge is -2.10. The fraction of sp³-hybridized carbons (Fsp3) is 0.136. The second-order valence-corrected chi connectivity index (χ2v) is 6.30. The topological polar surface area (TPSA) is 47.3 Å². The van der Waals surface area contributed by atoms with Crippen LogP contribution in [-0.2, 0) is 13.2 Å². The third kappa shape index (κ3) is 4.08. The number of fused-ring (bicyclic) bond motifs is 1. The largest absolute Gasteiger partial charge is 0.488 e. The van der Waals surface area contributed by atoms with Crippen LogP contribution in [0.3, 0.4) is 0 Å². The lowest BCUT2D eigenvalue weighted by atomic mass is 10.2. The van der Waals surface area contributed by atoms with Crippen molar-refractivity contribution < 1.29 is 13.5 Å². The first-order valence-corrected chi connectivity index (χ1v) is 8.73. The fourth-order valence-corrected chi connectivity index (χ4v) is 2.85. The Hall–Kier alpha value is -3.34. The van der Waals surface area contributed by atoms with Gasteiger partial charge in [-0.15, -0.1) is 0 Å². The van der Waals surface area contributed by atoms with Crippen LogP contribution in [0, 0.1) is 12.7 Å². The second-order valence-electron chi connectivity index (χ2n) is 6.30. The van der Waals surface area contributed by atoms with Gasteiger partial charge in [-0.2, -0.15) is 0 Å². The van der Waals surface area contributed by atoms with Crippen LogP contribution in [0.15, 0.2) is 71.1 Å². The standard InChI is InChI=1S/C22H19FN2O2/c1-15-5-10-18(27-15)13-24-22-12-11-19-20(25-22)3-2-4-21(19)26-14-16-6-8-17(23)9-7-16/h2-12H,13-14H2,1H3,(H,24,25). The molecule has 0 amide bonds. The van der Waals surface area contributed by atoms with Gasteiger partial charge in [-0.3, -0.25) is 0 Å². The number of benzene rings is 2. The predicted molar refractivity (Wildman–Crippen MR) is 103 cm³/mol. The van der Waals surface area contributed by atoms with Crippen molar-refractivity contribution in [3.63, 3.8) is 0 Å². The summed E-state index contributed by atoms with van der Waals surface area (Å²) in [5, 5.41) is 4.20. The quantitative estimate of drug-likeness (QED) is 0.494. The average molecular weight is 362 g/mol. The lowest BCUT2D eigenvalue weighted by molar-refractivity contribution is 0.310. The van der Waals surface area contributed by atoms with E-state index in [4.69, 9.17) is 9.15 Å². The van der Waals surface area contributed by atoms with Gasteiger partial charge >= 0.3 is 0 Å². The summed E-state index contributed by atoms with van der Waals surface area (Å²) in [5.74, 6) is 3.02. The molecule has 4 rings (SSSR count). The molecule has 5 heteroatoms. The maximum atomic E-state index is 13.0. The van der Waals surface area contributed by atoms with Crippen molar-refractivity contribution in [2.24, 2.45) is 0 Å². The SMILES string of the molecule is Cc1ccc(CNc2ccc3c(OCc4ccc(F)cc4)cccc3n2)o1. The van der Waals surface area contributed by atoms with Gasteiger partial charge in [0.1, 0.15) is 35.5 Å². The van der Waals surface area contributed by atoms with Gasteiger partial charge in [0, 0.05) is 5.39 Å². The van der Waals surface area contributed by atoms with Gasteiger partial charge in [-0.05, 0) is 61.0 Å². The minimum absolute atomic E-state index is 0.252. The van der Waals surface area contributed by atoms with Crippen LogP contribution in [-0.4, -0.2) is 4.98 Å². The highest BCUT2D eigenvalue weighted by molar-refractivity contribution is 5.86. The fourth-order valence-electron chi connectivity index (χ4n) is 2.85. The number of ether oxygens (including phenoxy) is 1. The Morgan fingerprint density at radius 2 is 1.85 bits per heavy atom. The molecule has 0 bridgehead atoms. The van der Waals surface area contributed by atoms with E-state index in [1.807, 2.05) is 49.4 Å². The van der Waals surface area contributed by atoms with Crippen LogP contribution in [0.4, 0.5) is 10.2 Å². The van der Waals surface area contributed by atoms with E-state index in [0.29, 0.717) is 13.2 Å². The molecule has 0 fully saturated rings. The van der Waals surface area contributed by atoms with E-state index in [1.54, 1.807) is 12.1 Å². The molecule has 0 spiro atoms. The molecule has 4 aromatic rings. The third-order valence-corrected chi connectivity index (χ3v) is 4.24. The van der Waals surface area contributed by atoms with Gasteiger partial charge in [0.05, 0.1) is 12.1 Å². The van der Waals surface area contributed by atoms with Gasteiger partial charge in [0.2, 0.25) is 0 Å². The van der Waals surface area contributed by atoms with Crippen molar-refractivity contribution >= 4 is 16.7 Å². The first kappa shape index (κ1) is 17.1. The lowest BCUT2D eigenvalue weighted by Crippen LogP contribution is -2.01. The number of pyridine rings is 1. The predicted octanol–water partition coefficient (Wildman–Crippen LogP) is 5.47. The van der Waals surface area contributed by atoms with Crippen LogP contribution in [0.1, 0.15) is 17.1 Å². The van der Waals surface area contributed by atoms with E-state index < -0.39 is 0 Å². The molecule has 27 heavy (non-hydrogen) atoms. The van der Waals surface area contributed by atoms with Gasteiger partial charge in [-0.1, -0.05) is 18.2 Å². The molecule has 0 atom stereocenters. The second kappa shape index (κ2) is 7.50. The first-order valence-electron chi connectivity index (χ1n) is 8.73. The average Bonchev–Trinajstić information content (AvgIpc) is 3.11. The normalized spacial score (nSPS) is 10.9. The molecular formula is C22H19FN2O2. The zero-order valence-corrected chi connectivity index (χ0v) is 14.9. The summed E-state index contributed by atoms with van der Waals surface area (Å²) in [6.07, 6.45) is 0. The van der Waals surface area contributed by atoms with Crippen molar-refractivity contribution in [1.82, 2.24) is 4.98 Å². The number of hydrogen-bond acceptors (Lipinski definition) is 4. The number of furan rings is 1. The molecule has 4 nitrogen and oxygen atoms in total. The van der Waals surface area contributed by atoms with E-state index in [2.05, 4.69) is 10.3 Å². The number of anilines is 1. The van der Waals surface area contributed by atoms with E-state index >= 15 is 0 Å². The van der Waals surface area contributed by atoms with Crippen LogP contribution in [0.2, 0.25) is 0 Å². The smallest absolute Gasteiger partial charge is 0.129 e. The monoisotopic (exact) mass is 362 g/mol. The van der Waals surface area contributed by atoms with Crippen molar-refractivity contribution in [2.45, 2.75) is 20.1 Å². The molecule has 0 saturated heterocycles. The summed E-state index contributed by atoms with van der Waals surface area (Å²) < 4.78 is 24.5. The Kier molecular flexibility index (Phi) is 4.75. The Balaban J connectivity index is 1.48. The van der Waals surface area contributed by atoms with Crippen LogP contribution in [0.5, 0.6) is 5.75 Å². The van der Waals surface area contributed by atoms with E-state index in [1.165, 1.54) is 12.1 Å².